The van der Waals surface area contributed by atoms with Crippen LogP contribution in [0.3, 0.4) is 0 Å². The summed E-state index contributed by atoms with van der Waals surface area (Å²) in [7, 11) is 0. The summed E-state index contributed by atoms with van der Waals surface area (Å²) >= 11 is 0. The van der Waals surface area contributed by atoms with E-state index in [1.807, 2.05) is 4.90 Å². The lowest BCUT2D eigenvalue weighted by Gasteiger charge is -2.26. The molecule has 1 fully saturated rings. The lowest BCUT2D eigenvalue weighted by molar-refractivity contribution is -0.143. The maximum absolute atomic E-state index is 11.0. The summed E-state index contributed by atoms with van der Waals surface area (Å²) in [5, 5.41) is 17.5. The molecule has 1 unspecified atom stereocenters. The number of carboxylic acids is 1. The normalized spacial score (nSPS) is 23.0. The van der Waals surface area contributed by atoms with Crippen molar-refractivity contribution in [2.75, 3.05) is 13.1 Å². The van der Waals surface area contributed by atoms with Gasteiger partial charge in [-0.05, 0) is 32.4 Å². The zero-order valence-electron chi connectivity index (χ0n) is 8.98. The van der Waals surface area contributed by atoms with Crippen molar-refractivity contribution >= 4 is 5.97 Å². The summed E-state index contributed by atoms with van der Waals surface area (Å²) in [6.07, 6.45) is 5.26. The molecule has 0 amide bonds. The van der Waals surface area contributed by atoms with Crippen molar-refractivity contribution in [2.24, 2.45) is 0 Å². The molecule has 1 aliphatic rings. The molecule has 1 atom stereocenters. The summed E-state index contributed by atoms with van der Waals surface area (Å²) in [4.78, 5) is 13.1. The number of nitriles is 1. The van der Waals surface area contributed by atoms with E-state index in [2.05, 4.69) is 6.07 Å². The largest absolute Gasteiger partial charge is 0.480 e. The van der Waals surface area contributed by atoms with Gasteiger partial charge in [-0.15, -0.1) is 0 Å². The summed E-state index contributed by atoms with van der Waals surface area (Å²) in [6, 6.07) is 1.77. The van der Waals surface area contributed by atoms with Crippen LogP contribution in [0.25, 0.3) is 0 Å². The predicted molar refractivity (Wildman–Crippen MR) is 56.3 cm³/mol. The number of nitrogens with zero attached hydrogens (tertiary/aromatic N) is 2. The monoisotopic (exact) mass is 210 g/mol. The Morgan fingerprint density at radius 3 is 2.93 bits per heavy atom. The van der Waals surface area contributed by atoms with Crippen LogP contribution in [-0.2, 0) is 4.79 Å². The smallest absolute Gasteiger partial charge is 0.320 e. The molecule has 0 radical (unpaired) electrons. The lowest BCUT2D eigenvalue weighted by atomic mass is 10.1. The Bertz CT molecular complexity index is 247. The van der Waals surface area contributed by atoms with Gasteiger partial charge in [0.15, 0.2) is 0 Å². The van der Waals surface area contributed by atoms with E-state index in [1.54, 1.807) is 0 Å². The van der Waals surface area contributed by atoms with Crippen molar-refractivity contribution in [1.29, 1.82) is 5.26 Å². The highest BCUT2D eigenvalue weighted by Gasteiger charge is 2.26. The fraction of sp³-hybridized carbons (Fsp3) is 0.818. The molecule has 0 aromatic carbocycles. The number of hydrogen-bond acceptors (Lipinski definition) is 3. The molecule has 0 saturated carbocycles. The van der Waals surface area contributed by atoms with Gasteiger partial charge in [-0.25, -0.2) is 0 Å². The Balaban J connectivity index is 2.47. The molecular weight excluding hydrogens is 192 g/mol. The summed E-state index contributed by atoms with van der Waals surface area (Å²) in [5.74, 6) is -0.714. The number of unbranched alkanes of at least 4 members (excludes halogenated alkanes) is 1. The molecule has 1 heterocycles. The van der Waals surface area contributed by atoms with Crippen LogP contribution in [0.2, 0.25) is 0 Å². The fourth-order valence-corrected chi connectivity index (χ4v) is 2.08. The maximum Gasteiger partial charge on any atom is 0.320 e. The van der Waals surface area contributed by atoms with E-state index in [0.717, 1.165) is 45.2 Å². The van der Waals surface area contributed by atoms with Gasteiger partial charge < -0.3 is 5.11 Å². The van der Waals surface area contributed by atoms with E-state index in [-0.39, 0.29) is 6.04 Å². The Morgan fingerprint density at radius 1 is 1.47 bits per heavy atom. The van der Waals surface area contributed by atoms with Gasteiger partial charge in [0.05, 0.1) is 6.07 Å². The molecule has 15 heavy (non-hydrogen) atoms. The average Bonchev–Trinajstić information content (AvgIpc) is 2.43. The first-order valence-corrected chi connectivity index (χ1v) is 5.59. The maximum atomic E-state index is 11.0. The molecule has 1 saturated heterocycles. The Morgan fingerprint density at radius 2 is 2.27 bits per heavy atom. The lowest BCUT2D eigenvalue weighted by Crippen LogP contribution is -2.41. The zero-order valence-corrected chi connectivity index (χ0v) is 8.98. The Kier molecular flexibility index (Phi) is 5.13. The first kappa shape index (κ1) is 12.0. The average molecular weight is 210 g/mol. The van der Waals surface area contributed by atoms with Crippen LogP contribution in [0.15, 0.2) is 0 Å². The minimum absolute atomic E-state index is 0.328. The Hall–Kier alpha value is -1.08. The van der Waals surface area contributed by atoms with E-state index < -0.39 is 5.97 Å². The van der Waals surface area contributed by atoms with Crippen molar-refractivity contribution < 1.29 is 9.90 Å². The summed E-state index contributed by atoms with van der Waals surface area (Å²) < 4.78 is 0. The highest BCUT2D eigenvalue weighted by Crippen LogP contribution is 2.17. The second-order valence-corrected chi connectivity index (χ2v) is 4.00. The van der Waals surface area contributed by atoms with E-state index in [0.29, 0.717) is 6.42 Å². The fourth-order valence-electron chi connectivity index (χ4n) is 2.08. The van der Waals surface area contributed by atoms with Gasteiger partial charge in [0.2, 0.25) is 0 Å². The van der Waals surface area contributed by atoms with Crippen molar-refractivity contribution in [1.82, 2.24) is 4.90 Å². The first-order valence-electron chi connectivity index (χ1n) is 5.59. The van der Waals surface area contributed by atoms with Crippen molar-refractivity contribution in [2.45, 2.75) is 44.6 Å². The quantitative estimate of drug-likeness (QED) is 0.716. The minimum Gasteiger partial charge on any atom is -0.480 e. The molecule has 0 aromatic heterocycles. The molecule has 0 spiro atoms. The van der Waals surface area contributed by atoms with Gasteiger partial charge in [-0.1, -0.05) is 12.8 Å². The van der Waals surface area contributed by atoms with Gasteiger partial charge >= 0.3 is 5.97 Å². The predicted octanol–water partition coefficient (Wildman–Crippen LogP) is 1.62. The van der Waals surface area contributed by atoms with E-state index in [1.165, 1.54) is 0 Å². The highest BCUT2D eigenvalue weighted by molar-refractivity contribution is 5.73. The van der Waals surface area contributed by atoms with Gasteiger partial charge in [0.25, 0.3) is 0 Å². The van der Waals surface area contributed by atoms with E-state index in [4.69, 9.17) is 10.4 Å². The number of hydrogen-bond donors (Lipinski definition) is 1. The van der Waals surface area contributed by atoms with Crippen molar-refractivity contribution in [3.63, 3.8) is 0 Å². The van der Waals surface area contributed by atoms with Crippen molar-refractivity contribution in [3.05, 3.63) is 0 Å². The molecule has 0 aliphatic carbocycles. The molecule has 4 heteroatoms. The summed E-state index contributed by atoms with van der Waals surface area (Å²) in [5.41, 5.74) is 0. The van der Waals surface area contributed by atoms with Crippen molar-refractivity contribution in [3.8, 4) is 6.07 Å². The van der Waals surface area contributed by atoms with Gasteiger partial charge in [0.1, 0.15) is 6.04 Å². The number of carboxylic acid groups (broad SMARTS) is 1. The SMILES string of the molecule is N#CCCCN1CCCCCC1C(=O)O. The highest BCUT2D eigenvalue weighted by atomic mass is 16.4. The van der Waals surface area contributed by atoms with Crippen LogP contribution in [-0.4, -0.2) is 35.1 Å². The molecule has 1 rings (SSSR count). The second-order valence-electron chi connectivity index (χ2n) is 4.00. The number of carbonyl (C=O) groups is 1. The third kappa shape index (κ3) is 3.88. The second kappa shape index (κ2) is 6.41. The third-order valence-electron chi connectivity index (χ3n) is 2.88. The number of likely N-dealkylation sites (tertiary alicyclic amines) is 1. The molecule has 4 nitrogen and oxygen atoms in total. The van der Waals surface area contributed by atoms with Crippen LogP contribution in [0.1, 0.15) is 38.5 Å². The van der Waals surface area contributed by atoms with Gasteiger partial charge in [-0.2, -0.15) is 5.26 Å². The molecule has 0 aromatic rings. The van der Waals surface area contributed by atoms with E-state index >= 15 is 0 Å². The molecule has 84 valence electrons. The van der Waals surface area contributed by atoms with Crippen LogP contribution in [0.5, 0.6) is 0 Å². The number of aliphatic carboxylic acids is 1. The Labute approximate surface area is 90.5 Å². The zero-order chi connectivity index (χ0) is 11.1. The summed E-state index contributed by atoms with van der Waals surface area (Å²) in [6.45, 7) is 1.60. The molecule has 0 bridgehead atoms. The van der Waals surface area contributed by atoms with Crippen LogP contribution in [0.4, 0.5) is 0 Å². The van der Waals surface area contributed by atoms with Crippen LogP contribution < -0.4 is 0 Å². The molecular formula is C11H18N2O2. The van der Waals surface area contributed by atoms with Gasteiger partial charge in [-0.3, -0.25) is 9.69 Å². The standard InChI is InChI=1S/C11H18N2O2/c12-7-3-5-9-13-8-4-1-2-6-10(13)11(14)15/h10H,1-6,8-9H2,(H,14,15). The third-order valence-corrected chi connectivity index (χ3v) is 2.88. The molecule has 1 N–H and O–H groups in total. The topological polar surface area (TPSA) is 64.3 Å². The van der Waals surface area contributed by atoms with E-state index in [9.17, 15) is 4.79 Å². The molecule has 1 aliphatic heterocycles. The van der Waals surface area contributed by atoms with Crippen LogP contribution >= 0.6 is 0 Å². The van der Waals surface area contributed by atoms with Gasteiger partial charge in [0, 0.05) is 6.42 Å². The minimum atomic E-state index is -0.714. The number of rotatable bonds is 4. The van der Waals surface area contributed by atoms with Crippen LogP contribution in [0, 0.1) is 11.3 Å². The first-order chi connectivity index (χ1) is 7.25.